The van der Waals surface area contributed by atoms with Crippen LogP contribution in [0.3, 0.4) is 0 Å². The van der Waals surface area contributed by atoms with Crippen LogP contribution < -0.4 is 5.73 Å². The van der Waals surface area contributed by atoms with Crippen molar-refractivity contribution in [2.24, 2.45) is 5.73 Å². The fourth-order valence-electron chi connectivity index (χ4n) is 1.90. The lowest BCUT2D eigenvalue weighted by Gasteiger charge is -2.37. The fraction of sp³-hybridized carbons (Fsp3) is 1.00. The van der Waals surface area contributed by atoms with Gasteiger partial charge in [0, 0.05) is 26.2 Å². The lowest BCUT2D eigenvalue weighted by atomic mass is 10.3. The van der Waals surface area contributed by atoms with E-state index in [0.717, 1.165) is 26.1 Å². The smallest absolute Gasteiger partial charge is 0.219 e. The van der Waals surface area contributed by atoms with Gasteiger partial charge in [0.25, 0.3) is 0 Å². The van der Waals surface area contributed by atoms with Gasteiger partial charge < -0.3 is 10.6 Å². The van der Waals surface area contributed by atoms with Crippen molar-refractivity contribution in [2.75, 3.05) is 39.3 Å². The number of nitrogens with two attached hydrogens (primary N) is 1. The Morgan fingerprint density at radius 3 is 2.06 bits per heavy atom. The topological polar surface area (TPSA) is 66.6 Å². The summed E-state index contributed by atoms with van der Waals surface area (Å²) < 4.78 is 25.3. The second kappa shape index (κ2) is 5.65. The van der Waals surface area contributed by atoms with Gasteiger partial charge >= 0.3 is 0 Å². The first-order valence-electron chi connectivity index (χ1n) is 6.21. The molecule has 2 N–H and O–H groups in total. The maximum atomic E-state index is 12.2. The number of rotatable bonds is 4. The zero-order chi connectivity index (χ0) is 13.1. The van der Waals surface area contributed by atoms with E-state index in [1.54, 1.807) is 25.1 Å². The molecule has 1 saturated heterocycles. The molecule has 5 nitrogen and oxygen atoms in total. The molecule has 0 spiro atoms. The number of hydrogen-bond acceptors (Lipinski definition) is 4. The highest BCUT2D eigenvalue weighted by molar-refractivity contribution is 7.90. The minimum absolute atomic E-state index is 0.601. The molecule has 0 aromatic heterocycles. The highest BCUT2D eigenvalue weighted by Crippen LogP contribution is 2.21. The minimum Gasteiger partial charge on any atom is -0.330 e. The van der Waals surface area contributed by atoms with E-state index in [9.17, 15) is 8.42 Å². The molecule has 0 aromatic carbocycles. The molecule has 1 aliphatic rings. The Balaban J connectivity index is 2.53. The van der Waals surface area contributed by atoms with Crippen molar-refractivity contribution in [3.05, 3.63) is 0 Å². The first-order chi connectivity index (χ1) is 7.79. The minimum atomic E-state index is -3.16. The van der Waals surface area contributed by atoms with Crippen LogP contribution in [0.15, 0.2) is 0 Å². The summed E-state index contributed by atoms with van der Waals surface area (Å²) in [5.74, 6) is 0. The van der Waals surface area contributed by atoms with Crippen LogP contribution in [0.1, 0.15) is 27.2 Å². The molecule has 0 unspecified atom stereocenters. The standard InChI is InChI=1S/C11H25N3O2S/c1-11(2,3)17(15,16)14-9-7-13(8-10-14)6-4-5-12/h4-10,12H2,1-3H3. The van der Waals surface area contributed by atoms with Crippen LogP contribution in [0.25, 0.3) is 0 Å². The Bertz CT molecular complexity index is 327. The third-order valence-corrected chi connectivity index (χ3v) is 5.72. The van der Waals surface area contributed by atoms with Crippen molar-refractivity contribution in [2.45, 2.75) is 31.9 Å². The molecule has 0 aromatic rings. The van der Waals surface area contributed by atoms with Gasteiger partial charge in [0.05, 0.1) is 4.75 Å². The van der Waals surface area contributed by atoms with Gasteiger partial charge in [-0.2, -0.15) is 4.31 Å². The molecule has 6 heteroatoms. The Morgan fingerprint density at radius 1 is 1.12 bits per heavy atom. The van der Waals surface area contributed by atoms with Gasteiger partial charge in [-0.25, -0.2) is 8.42 Å². The van der Waals surface area contributed by atoms with E-state index in [-0.39, 0.29) is 0 Å². The lowest BCUT2D eigenvalue weighted by molar-refractivity contribution is 0.185. The number of piperazine rings is 1. The first kappa shape index (κ1) is 14.9. The molecule has 0 aliphatic carbocycles. The second-order valence-electron chi connectivity index (χ2n) is 5.50. The maximum absolute atomic E-state index is 12.2. The maximum Gasteiger partial charge on any atom is 0.219 e. The molecular weight excluding hydrogens is 238 g/mol. The van der Waals surface area contributed by atoms with Crippen molar-refractivity contribution in [3.63, 3.8) is 0 Å². The van der Waals surface area contributed by atoms with Gasteiger partial charge in [0.2, 0.25) is 10.0 Å². The number of hydrogen-bond donors (Lipinski definition) is 1. The monoisotopic (exact) mass is 263 g/mol. The van der Waals surface area contributed by atoms with Gasteiger partial charge in [-0.3, -0.25) is 0 Å². The van der Waals surface area contributed by atoms with Crippen molar-refractivity contribution >= 4 is 10.0 Å². The molecule has 0 amide bonds. The average molecular weight is 263 g/mol. The Labute approximate surface area is 105 Å². The summed E-state index contributed by atoms with van der Waals surface area (Å²) in [7, 11) is -3.16. The average Bonchev–Trinajstić information content (AvgIpc) is 2.25. The van der Waals surface area contributed by atoms with Gasteiger partial charge in [0.1, 0.15) is 0 Å². The lowest BCUT2D eigenvalue weighted by Crippen LogP contribution is -2.53. The summed E-state index contributed by atoms with van der Waals surface area (Å²) in [6, 6.07) is 0. The van der Waals surface area contributed by atoms with E-state index in [1.165, 1.54) is 0 Å². The normalized spacial score (nSPS) is 20.7. The fourth-order valence-corrected chi connectivity index (χ4v) is 3.31. The summed E-state index contributed by atoms with van der Waals surface area (Å²) in [5, 5.41) is 0. The molecular formula is C11H25N3O2S. The third-order valence-electron chi connectivity index (χ3n) is 3.12. The molecule has 0 bridgehead atoms. The summed E-state index contributed by atoms with van der Waals surface area (Å²) in [5.41, 5.74) is 5.47. The molecule has 1 rings (SSSR count). The van der Waals surface area contributed by atoms with E-state index in [2.05, 4.69) is 4.90 Å². The molecule has 1 heterocycles. The quantitative estimate of drug-likeness (QED) is 0.780. The molecule has 0 saturated carbocycles. The predicted octanol–water partition coefficient (Wildman–Crippen LogP) is 0.0811. The molecule has 1 fully saturated rings. The molecule has 17 heavy (non-hydrogen) atoms. The summed E-state index contributed by atoms with van der Waals surface area (Å²) in [6.45, 7) is 9.76. The SMILES string of the molecule is CC(C)(C)S(=O)(=O)N1CCN(CCCN)CC1. The molecule has 1 aliphatic heterocycles. The van der Waals surface area contributed by atoms with E-state index >= 15 is 0 Å². The Morgan fingerprint density at radius 2 is 1.65 bits per heavy atom. The van der Waals surface area contributed by atoms with Crippen molar-refractivity contribution < 1.29 is 8.42 Å². The van der Waals surface area contributed by atoms with Crippen LogP contribution in [0.2, 0.25) is 0 Å². The van der Waals surface area contributed by atoms with E-state index in [0.29, 0.717) is 19.6 Å². The van der Waals surface area contributed by atoms with Crippen LogP contribution in [0.5, 0.6) is 0 Å². The van der Waals surface area contributed by atoms with Crippen LogP contribution in [0, 0.1) is 0 Å². The predicted molar refractivity (Wildman–Crippen MR) is 70.4 cm³/mol. The van der Waals surface area contributed by atoms with E-state index in [4.69, 9.17) is 5.73 Å². The van der Waals surface area contributed by atoms with Gasteiger partial charge in [-0.15, -0.1) is 0 Å². The van der Waals surface area contributed by atoms with Gasteiger partial charge in [-0.05, 0) is 40.3 Å². The summed E-state index contributed by atoms with van der Waals surface area (Å²) in [4.78, 5) is 2.28. The van der Waals surface area contributed by atoms with Crippen molar-refractivity contribution in [3.8, 4) is 0 Å². The van der Waals surface area contributed by atoms with Crippen LogP contribution >= 0.6 is 0 Å². The highest BCUT2D eigenvalue weighted by Gasteiger charge is 2.36. The zero-order valence-electron chi connectivity index (χ0n) is 11.1. The van der Waals surface area contributed by atoms with Gasteiger partial charge in [0.15, 0.2) is 0 Å². The molecule has 0 atom stereocenters. The van der Waals surface area contributed by atoms with Crippen LogP contribution in [0.4, 0.5) is 0 Å². The number of nitrogens with zero attached hydrogens (tertiary/aromatic N) is 2. The molecule has 0 radical (unpaired) electrons. The summed E-state index contributed by atoms with van der Waals surface area (Å²) in [6.07, 6.45) is 0.978. The number of sulfonamides is 1. The van der Waals surface area contributed by atoms with E-state index in [1.807, 2.05) is 0 Å². The Hall–Kier alpha value is -0.170. The van der Waals surface area contributed by atoms with Crippen LogP contribution in [-0.4, -0.2) is 61.6 Å². The van der Waals surface area contributed by atoms with Gasteiger partial charge in [-0.1, -0.05) is 0 Å². The van der Waals surface area contributed by atoms with Crippen molar-refractivity contribution in [1.29, 1.82) is 0 Å². The first-order valence-corrected chi connectivity index (χ1v) is 7.65. The summed E-state index contributed by atoms with van der Waals surface area (Å²) >= 11 is 0. The second-order valence-corrected chi connectivity index (χ2v) is 8.19. The third kappa shape index (κ3) is 3.64. The van der Waals surface area contributed by atoms with E-state index < -0.39 is 14.8 Å². The zero-order valence-corrected chi connectivity index (χ0v) is 12.0. The largest absolute Gasteiger partial charge is 0.330 e. The molecule has 102 valence electrons. The Kier molecular flexibility index (Phi) is 4.95. The highest BCUT2D eigenvalue weighted by atomic mass is 32.2. The van der Waals surface area contributed by atoms with Crippen LogP contribution in [-0.2, 0) is 10.0 Å². The van der Waals surface area contributed by atoms with Crippen molar-refractivity contribution in [1.82, 2.24) is 9.21 Å².